The molecule has 0 aliphatic heterocycles. The molecule has 62 valence electrons. The van der Waals surface area contributed by atoms with Crippen LogP contribution in [-0.2, 0) is 0 Å². The Morgan fingerprint density at radius 1 is 1.50 bits per heavy atom. The smallest absolute Gasteiger partial charge is 0.00110 e. The first kappa shape index (κ1) is 12.4. The van der Waals surface area contributed by atoms with E-state index in [-0.39, 0.29) is 0 Å². The zero-order chi connectivity index (χ0) is 8.41. The van der Waals surface area contributed by atoms with Crippen molar-refractivity contribution in [2.45, 2.75) is 27.2 Å². The summed E-state index contributed by atoms with van der Waals surface area (Å²) < 4.78 is 0. The molecule has 0 spiro atoms. The highest BCUT2D eigenvalue weighted by Crippen LogP contribution is 1.99. The van der Waals surface area contributed by atoms with Gasteiger partial charge in [-0.3, -0.25) is 0 Å². The lowest BCUT2D eigenvalue weighted by atomic mass is 10.1. The van der Waals surface area contributed by atoms with E-state index in [4.69, 9.17) is 0 Å². The molecule has 1 atom stereocenters. The zero-order valence-corrected chi connectivity index (χ0v) is 7.78. The molecule has 0 aromatic rings. The van der Waals surface area contributed by atoms with Crippen molar-refractivity contribution in [1.82, 2.24) is 5.32 Å². The molecule has 0 saturated carbocycles. The molecule has 0 bridgehead atoms. The quantitative estimate of drug-likeness (QED) is 0.596. The molecule has 0 radical (unpaired) electrons. The van der Waals surface area contributed by atoms with Gasteiger partial charge in [-0.05, 0) is 19.4 Å². The fourth-order valence-electron chi connectivity index (χ4n) is 0.657. The first-order valence-corrected chi connectivity index (χ1v) is 4.12. The van der Waals surface area contributed by atoms with E-state index in [0.29, 0.717) is 5.92 Å². The predicted octanol–water partition coefficient (Wildman–Crippen LogP) is 2.44. The number of nitrogens with one attached hydrogen (secondary N) is 1. The number of hydrogen-bond acceptors (Lipinski definition) is 1. The highest BCUT2D eigenvalue weighted by Gasteiger charge is 1.95. The summed E-state index contributed by atoms with van der Waals surface area (Å²) in [6.45, 7) is 10.9. The Morgan fingerprint density at radius 3 is 2.10 bits per heavy atom. The summed E-state index contributed by atoms with van der Waals surface area (Å²) in [7, 11) is 1.96. The van der Waals surface area contributed by atoms with Crippen molar-refractivity contribution in [3.8, 4) is 0 Å². The normalized spacial score (nSPS) is 11.2. The van der Waals surface area contributed by atoms with E-state index in [1.807, 2.05) is 27.0 Å². The van der Waals surface area contributed by atoms with E-state index in [2.05, 4.69) is 18.8 Å². The van der Waals surface area contributed by atoms with Crippen LogP contribution in [0.2, 0.25) is 0 Å². The van der Waals surface area contributed by atoms with Crippen molar-refractivity contribution >= 4 is 0 Å². The minimum Gasteiger partial charge on any atom is -0.319 e. The molecule has 1 heteroatoms. The molecular formula is C9H21N. The minimum absolute atomic E-state index is 0.653. The molecule has 0 amide bonds. The van der Waals surface area contributed by atoms with Crippen molar-refractivity contribution in [2.24, 2.45) is 5.92 Å². The number of hydrogen-bond donors (Lipinski definition) is 1. The lowest BCUT2D eigenvalue weighted by Gasteiger charge is -2.06. The fourth-order valence-corrected chi connectivity index (χ4v) is 0.657. The van der Waals surface area contributed by atoms with E-state index >= 15 is 0 Å². The van der Waals surface area contributed by atoms with Crippen LogP contribution in [0.3, 0.4) is 0 Å². The van der Waals surface area contributed by atoms with E-state index in [9.17, 15) is 0 Å². The van der Waals surface area contributed by atoms with E-state index in [1.165, 1.54) is 6.42 Å². The maximum Gasteiger partial charge on any atom is 0.00110 e. The largest absolute Gasteiger partial charge is 0.319 e. The van der Waals surface area contributed by atoms with Gasteiger partial charge >= 0.3 is 0 Å². The molecule has 0 fully saturated rings. The van der Waals surface area contributed by atoms with Crippen LogP contribution in [-0.4, -0.2) is 13.6 Å². The molecule has 1 N–H and O–H groups in total. The lowest BCUT2D eigenvalue weighted by Crippen LogP contribution is -2.15. The Labute approximate surface area is 65.5 Å². The Morgan fingerprint density at radius 2 is 2.00 bits per heavy atom. The van der Waals surface area contributed by atoms with Gasteiger partial charge in [-0.1, -0.05) is 26.8 Å². The first-order chi connectivity index (χ1) is 4.85. The highest BCUT2D eigenvalue weighted by molar-refractivity contribution is 4.78. The van der Waals surface area contributed by atoms with Gasteiger partial charge in [0.05, 0.1) is 0 Å². The van der Waals surface area contributed by atoms with Gasteiger partial charge in [-0.15, -0.1) is 6.58 Å². The van der Waals surface area contributed by atoms with Crippen LogP contribution in [0.25, 0.3) is 0 Å². The molecule has 0 aromatic heterocycles. The van der Waals surface area contributed by atoms with Crippen LogP contribution in [0.15, 0.2) is 12.7 Å². The van der Waals surface area contributed by atoms with Crippen LogP contribution in [0.4, 0.5) is 0 Å². The van der Waals surface area contributed by atoms with Crippen molar-refractivity contribution in [3.63, 3.8) is 0 Å². The summed E-state index contributed by atoms with van der Waals surface area (Å²) in [6.07, 6.45) is 3.18. The Hall–Kier alpha value is -0.300. The Bertz CT molecular complexity index is 59.7. The Balaban J connectivity index is 0. The molecule has 1 unspecified atom stereocenters. The Kier molecular flexibility index (Phi) is 14.2. The summed E-state index contributed by atoms with van der Waals surface area (Å²) in [4.78, 5) is 0. The summed E-state index contributed by atoms with van der Waals surface area (Å²) in [6, 6.07) is 0. The van der Waals surface area contributed by atoms with Crippen molar-refractivity contribution in [2.75, 3.05) is 13.6 Å². The van der Waals surface area contributed by atoms with Gasteiger partial charge in [0.15, 0.2) is 0 Å². The monoisotopic (exact) mass is 143 g/mol. The van der Waals surface area contributed by atoms with E-state index in [0.717, 1.165) is 6.54 Å². The maximum absolute atomic E-state index is 3.71. The molecule has 0 heterocycles. The summed E-state index contributed by atoms with van der Waals surface area (Å²) in [5.41, 5.74) is 0. The maximum atomic E-state index is 3.71. The fraction of sp³-hybridized carbons (Fsp3) is 0.778. The zero-order valence-electron chi connectivity index (χ0n) is 7.78. The van der Waals surface area contributed by atoms with Crippen LogP contribution < -0.4 is 5.32 Å². The topological polar surface area (TPSA) is 12.0 Å². The second-order valence-electron chi connectivity index (χ2n) is 1.96. The van der Waals surface area contributed by atoms with Gasteiger partial charge in [0, 0.05) is 6.54 Å². The molecule has 0 aliphatic carbocycles. The van der Waals surface area contributed by atoms with Crippen LogP contribution in [0, 0.1) is 5.92 Å². The average molecular weight is 143 g/mol. The SMILES string of the molecule is C=CC(CC)CNC.CC. The lowest BCUT2D eigenvalue weighted by molar-refractivity contribution is 0.582. The molecule has 1 nitrogen and oxygen atoms in total. The minimum atomic E-state index is 0.653. The molecule has 0 aromatic carbocycles. The second kappa shape index (κ2) is 11.5. The summed E-state index contributed by atoms with van der Waals surface area (Å²) in [5, 5.41) is 3.10. The van der Waals surface area contributed by atoms with Crippen molar-refractivity contribution in [1.29, 1.82) is 0 Å². The predicted molar refractivity (Wildman–Crippen MR) is 49.3 cm³/mol. The van der Waals surface area contributed by atoms with Crippen LogP contribution in [0.1, 0.15) is 27.2 Å². The molecule has 0 aliphatic rings. The van der Waals surface area contributed by atoms with Gasteiger partial charge in [0.1, 0.15) is 0 Å². The average Bonchev–Trinajstić information content (AvgIpc) is 2.04. The third-order valence-electron chi connectivity index (χ3n) is 1.32. The summed E-state index contributed by atoms with van der Waals surface area (Å²) in [5.74, 6) is 0.653. The molecule has 0 saturated heterocycles. The highest BCUT2D eigenvalue weighted by atomic mass is 14.8. The molecular weight excluding hydrogens is 122 g/mol. The molecule has 10 heavy (non-hydrogen) atoms. The second-order valence-corrected chi connectivity index (χ2v) is 1.96. The third kappa shape index (κ3) is 7.70. The van der Waals surface area contributed by atoms with Gasteiger partial charge in [0.25, 0.3) is 0 Å². The first-order valence-electron chi connectivity index (χ1n) is 4.12. The van der Waals surface area contributed by atoms with E-state index < -0.39 is 0 Å². The summed E-state index contributed by atoms with van der Waals surface area (Å²) >= 11 is 0. The van der Waals surface area contributed by atoms with Crippen molar-refractivity contribution in [3.05, 3.63) is 12.7 Å². The van der Waals surface area contributed by atoms with Crippen LogP contribution in [0.5, 0.6) is 0 Å². The third-order valence-corrected chi connectivity index (χ3v) is 1.32. The number of rotatable bonds is 4. The van der Waals surface area contributed by atoms with Gasteiger partial charge in [-0.2, -0.15) is 0 Å². The van der Waals surface area contributed by atoms with Gasteiger partial charge in [0.2, 0.25) is 0 Å². The standard InChI is InChI=1S/C7H15N.C2H6/c1-4-7(5-2)6-8-3;1-2/h4,7-8H,1,5-6H2,2-3H3;1-2H3. The molecule has 0 rings (SSSR count). The van der Waals surface area contributed by atoms with Crippen LogP contribution >= 0.6 is 0 Å². The van der Waals surface area contributed by atoms with Gasteiger partial charge in [-0.25, -0.2) is 0 Å². The van der Waals surface area contributed by atoms with Crippen molar-refractivity contribution < 1.29 is 0 Å². The van der Waals surface area contributed by atoms with Gasteiger partial charge < -0.3 is 5.32 Å². The van der Waals surface area contributed by atoms with E-state index in [1.54, 1.807) is 0 Å².